The average molecular weight is 345 g/mol. The van der Waals surface area contributed by atoms with Gasteiger partial charge in [-0.05, 0) is 30.7 Å². The van der Waals surface area contributed by atoms with E-state index in [-0.39, 0.29) is 5.91 Å². The largest absolute Gasteiger partial charge is 0.496 e. The Morgan fingerprint density at radius 2 is 1.80 bits per heavy atom. The summed E-state index contributed by atoms with van der Waals surface area (Å²) in [7, 11) is 4.70. The van der Waals surface area contributed by atoms with Crippen molar-refractivity contribution < 1.29 is 19.0 Å². The van der Waals surface area contributed by atoms with Crippen LogP contribution in [0.15, 0.2) is 36.5 Å². The lowest BCUT2D eigenvalue weighted by molar-refractivity contribution is 0.102. The minimum absolute atomic E-state index is 0.322. The number of hydrogen-bond acceptors (Lipinski definition) is 6. The maximum Gasteiger partial charge on any atom is 0.263 e. The summed E-state index contributed by atoms with van der Waals surface area (Å²) in [4.78, 5) is 16.9. The number of methoxy groups -OCH3 is 3. The first kappa shape index (κ1) is 18.5. The molecule has 2 rings (SSSR count). The van der Waals surface area contributed by atoms with Gasteiger partial charge in [-0.25, -0.2) is 4.98 Å². The SMILES string of the molecule is COCCCNc1ccc(NC(=O)c2c(OC)cccc2OC)cn1. The summed E-state index contributed by atoms with van der Waals surface area (Å²) in [5.41, 5.74) is 0.926. The van der Waals surface area contributed by atoms with Gasteiger partial charge in [0.25, 0.3) is 5.91 Å². The fraction of sp³-hybridized carbons (Fsp3) is 0.333. The number of amides is 1. The number of aromatic nitrogens is 1. The van der Waals surface area contributed by atoms with E-state index < -0.39 is 0 Å². The minimum atomic E-state index is -0.322. The Morgan fingerprint density at radius 1 is 1.08 bits per heavy atom. The summed E-state index contributed by atoms with van der Waals surface area (Å²) in [5, 5.41) is 5.99. The molecule has 0 radical (unpaired) electrons. The molecule has 0 spiro atoms. The monoisotopic (exact) mass is 345 g/mol. The molecule has 0 bridgehead atoms. The molecule has 1 aromatic carbocycles. The van der Waals surface area contributed by atoms with Crippen LogP contribution < -0.4 is 20.1 Å². The van der Waals surface area contributed by atoms with Crippen LogP contribution in [-0.4, -0.2) is 45.4 Å². The number of anilines is 2. The zero-order valence-electron chi connectivity index (χ0n) is 14.7. The van der Waals surface area contributed by atoms with Gasteiger partial charge in [-0.15, -0.1) is 0 Å². The van der Waals surface area contributed by atoms with Gasteiger partial charge in [0, 0.05) is 20.3 Å². The third-order valence-corrected chi connectivity index (χ3v) is 3.51. The van der Waals surface area contributed by atoms with E-state index in [4.69, 9.17) is 14.2 Å². The van der Waals surface area contributed by atoms with Crippen LogP contribution in [0.5, 0.6) is 11.5 Å². The van der Waals surface area contributed by atoms with Crippen molar-refractivity contribution in [2.75, 3.05) is 45.1 Å². The zero-order valence-corrected chi connectivity index (χ0v) is 14.7. The van der Waals surface area contributed by atoms with Gasteiger partial charge >= 0.3 is 0 Å². The number of nitrogens with one attached hydrogen (secondary N) is 2. The second-order valence-corrected chi connectivity index (χ2v) is 5.20. The maximum absolute atomic E-state index is 12.6. The average Bonchev–Trinajstić information content (AvgIpc) is 2.65. The first-order valence-electron chi connectivity index (χ1n) is 7.90. The van der Waals surface area contributed by atoms with E-state index >= 15 is 0 Å². The standard InChI is InChI=1S/C18H23N3O4/c1-23-11-5-10-19-16-9-8-13(12-20-16)21-18(22)17-14(24-2)6-4-7-15(17)25-3/h4,6-9,12H,5,10-11H2,1-3H3,(H,19,20)(H,21,22). The molecule has 2 N–H and O–H groups in total. The van der Waals surface area contributed by atoms with E-state index in [1.165, 1.54) is 14.2 Å². The number of benzene rings is 1. The summed E-state index contributed by atoms with van der Waals surface area (Å²) >= 11 is 0. The van der Waals surface area contributed by atoms with Crippen LogP contribution in [0.1, 0.15) is 16.8 Å². The Morgan fingerprint density at radius 3 is 2.36 bits per heavy atom. The Labute approximate surface area is 147 Å². The first-order valence-corrected chi connectivity index (χ1v) is 7.90. The van der Waals surface area contributed by atoms with Gasteiger partial charge in [0.1, 0.15) is 22.9 Å². The number of carbonyl (C=O) groups excluding carboxylic acids is 1. The number of rotatable bonds is 9. The number of nitrogens with zero attached hydrogens (tertiary/aromatic N) is 1. The van der Waals surface area contributed by atoms with Gasteiger partial charge in [0.15, 0.2) is 0 Å². The highest BCUT2D eigenvalue weighted by atomic mass is 16.5. The topological polar surface area (TPSA) is 81.7 Å². The van der Waals surface area contributed by atoms with E-state index in [9.17, 15) is 4.79 Å². The molecule has 0 aliphatic rings. The summed E-state index contributed by atoms with van der Waals surface area (Å²) in [6, 6.07) is 8.78. The van der Waals surface area contributed by atoms with E-state index in [2.05, 4.69) is 15.6 Å². The molecule has 7 nitrogen and oxygen atoms in total. The molecule has 1 heterocycles. The lowest BCUT2D eigenvalue weighted by atomic mass is 10.1. The molecule has 2 aromatic rings. The molecule has 0 saturated carbocycles. The molecule has 7 heteroatoms. The van der Waals surface area contributed by atoms with Gasteiger partial charge < -0.3 is 24.8 Å². The van der Waals surface area contributed by atoms with Crippen LogP contribution in [0, 0.1) is 0 Å². The summed E-state index contributed by atoms with van der Waals surface area (Å²) < 4.78 is 15.5. The fourth-order valence-corrected chi connectivity index (χ4v) is 2.27. The molecule has 0 atom stereocenters. The van der Waals surface area contributed by atoms with Crippen molar-refractivity contribution in [3.8, 4) is 11.5 Å². The van der Waals surface area contributed by atoms with Crippen molar-refractivity contribution in [3.05, 3.63) is 42.1 Å². The van der Waals surface area contributed by atoms with Crippen molar-refractivity contribution in [2.45, 2.75) is 6.42 Å². The molecule has 134 valence electrons. The molecule has 1 amide bonds. The van der Waals surface area contributed by atoms with E-state index in [1.807, 2.05) is 6.07 Å². The van der Waals surface area contributed by atoms with Crippen LogP contribution in [0.4, 0.5) is 11.5 Å². The van der Waals surface area contributed by atoms with E-state index in [0.29, 0.717) is 29.4 Å². The molecule has 0 fully saturated rings. The number of ether oxygens (including phenoxy) is 3. The summed E-state index contributed by atoms with van der Waals surface area (Å²) in [5.74, 6) is 1.31. The zero-order chi connectivity index (χ0) is 18.1. The van der Waals surface area contributed by atoms with Crippen molar-refractivity contribution in [1.82, 2.24) is 4.98 Å². The number of pyridine rings is 1. The van der Waals surface area contributed by atoms with Gasteiger partial charge in [-0.2, -0.15) is 0 Å². The first-order chi connectivity index (χ1) is 12.2. The predicted molar refractivity (Wildman–Crippen MR) is 96.7 cm³/mol. The van der Waals surface area contributed by atoms with Gasteiger partial charge in [0.05, 0.1) is 26.1 Å². The number of carbonyl (C=O) groups is 1. The van der Waals surface area contributed by atoms with Gasteiger partial charge in [0.2, 0.25) is 0 Å². The molecule has 0 aliphatic heterocycles. The summed E-state index contributed by atoms with van der Waals surface area (Å²) in [6.45, 7) is 1.47. The molecule has 25 heavy (non-hydrogen) atoms. The highest BCUT2D eigenvalue weighted by Gasteiger charge is 2.18. The van der Waals surface area contributed by atoms with Crippen LogP contribution in [-0.2, 0) is 4.74 Å². The van der Waals surface area contributed by atoms with Gasteiger partial charge in [-0.1, -0.05) is 6.07 Å². The third-order valence-electron chi connectivity index (χ3n) is 3.51. The molecule has 0 saturated heterocycles. The smallest absolute Gasteiger partial charge is 0.263 e. The Kier molecular flexibility index (Phi) is 7.03. The van der Waals surface area contributed by atoms with Crippen LogP contribution in [0.3, 0.4) is 0 Å². The van der Waals surface area contributed by atoms with E-state index in [1.54, 1.807) is 37.6 Å². The maximum atomic E-state index is 12.6. The Hall–Kier alpha value is -2.80. The number of hydrogen-bond donors (Lipinski definition) is 2. The minimum Gasteiger partial charge on any atom is -0.496 e. The second-order valence-electron chi connectivity index (χ2n) is 5.20. The molecular weight excluding hydrogens is 322 g/mol. The Bertz CT molecular complexity index is 667. The van der Waals surface area contributed by atoms with Crippen LogP contribution >= 0.6 is 0 Å². The van der Waals surface area contributed by atoms with Crippen molar-refractivity contribution in [2.24, 2.45) is 0 Å². The molecule has 1 aromatic heterocycles. The fourth-order valence-electron chi connectivity index (χ4n) is 2.27. The van der Waals surface area contributed by atoms with Crippen LogP contribution in [0.25, 0.3) is 0 Å². The molecule has 0 aliphatic carbocycles. The molecular formula is C18H23N3O4. The highest BCUT2D eigenvalue weighted by Crippen LogP contribution is 2.29. The quantitative estimate of drug-likeness (QED) is 0.680. The third kappa shape index (κ3) is 5.09. The lowest BCUT2D eigenvalue weighted by Crippen LogP contribution is -2.15. The lowest BCUT2D eigenvalue weighted by Gasteiger charge is -2.13. The van der Waals surface area contributed by atoms with Crippen molar-refractivity contribution in [1.29, 1.82) is 0 Å². The van der Waals surface area contributed by atoms with E-state index in [0.717, 1.165) is 18.8 Å². The Balaban J connectivity index is 2.04. The van der Waals surface area contributed by atoms with Crippen molar-refractivity contribution >= 4 is 17.4 Å². The van der Waals surface area contributed by atoms with Crippen LogP contribution in [0.2, 0.25) is 0 Å². The van der Waals surface area contributed by atoms with Crippen molar-refractivity contribution in [3.63, 3.8) is 0 Å². The summed E-state index contributed by atoms with van der Waals surface area (Å²) in [6.07, 6.45) is 2.49. The molecule has 0 unspecified atom stereocenters. The predicted octanol–water partition coefficient (Wildman–Crippen LogP) is 2.80. The highest BCUT2D eigenvalue weighted by molar-refractivity contribution is 6.08. The normalized spacial score (nSPS) is 10.2. The van der Waals surface area contributed by atoms with Gasteiger partial charge in [-0.3, -0.25) is 4.79 Å². The second kappa shape index (κ2) is 9.48.